The van der Waals surface area contributed by atoms with Crippen LogP contribution in [0.4, 0.5) is 0 Å². The smallest absolute Gasteiger partial charge is 0.462 e. The van der Waals surface area contributed by atoms with Gasteiger partial charge in [0, 0.05) is 25.7 Å². The third-order valence-electron chi connectivity index (χ3n) is 17.2. The van der Waals surface area contributed by atoms with Crippen LogP contribution < -0.4 is 0 Å². The fourth-order valence-corrected chi connectivity index (χ4v) is 12.9. The predicted octanol–water partition coefficient (Wildman–Crippen LogP) is 21.6. The second kappa shape index (κ2) is 66.0. The summed E-state index contributed by atoms with van der Waals surface area (Å²) in [6.45, 7) is 9.54. The molecule has 0 aromatic rings. The van der Waals surface area contributed by atoms with Crippen molar-refractivity contribution in [3.63, 3.8) is 0 Å². The molecule has 0 heterocycles. The summed E-state index contributed by atoms with van der Waals surface area (Å²) >= 11 is 0. The van der Waals surface area contributed by atoms with E-state index in [1.165, 1.54) is 193 Å². The Bertz CT molecular complexity index is 1800. The number of hydrogen-bond donors (Lipinski definition) is 3. The lowest BCUT2D eigenvalue weighted by molar-refractivity contribution is -0.161. The van der Waals surface area contributed by atoms with E-state index in [4.69, 9.17) is 37.0 Å². The molecule has 3 N–H and O–H groups in total. The molecular weight excluding hydrogens is 1220 g/mol. The van der Waals surface area contributed by atoms with Crippen LogP contribution in [0.1, 0.15) is 382 Å². The zero-order valence-electron chi connectivity index (χ0n) is 60.6. The topological polar surface area (TPSA) is 237 Å². The Labute approximate surface area is 568 Å². The van der Waals surface area contributed by atoms with E-state index >= 15 is 0 Å². The number of hydrogen-bond acceptors (Lipinski definition) is 15. The van der Waals surface area contributed by atoms with E-state index in [1.54, 1.807) is 0 Å². The van der Waals surface area contributed by atoms with Gasteiger partial charge in [-0.3, -0.25) is 37.3 Å². The Balaban J connectivity index is 5.24. The molecule has 2 unspecified atom stereocenters. The molecule has 0 radical (unpaired) electrons. The second-order valence-electron chi connectivity index (χ2n) is 27.6. The first-order chi connectivity index (χ1) is 44.9. The summed E-state index contributed by atoms with van der Waals surface area (Å²) < 4.78 is 68.4. The number of aliphatic hydroxyl groups is 1. The van der Waals surface area contributed by atoms with Crippen LogP contribution in [0.3, 0.4) is 0 Å². The van der Waals surface area contributed by atoms with Crippen LogP contribution in [0.15, 0.2) is 0 Å². The van der Waals surface area contributed by atoms with Gasteiger partial charge in [-0.25, -0.2) is 9.13 Å². The number of rotatable bonds is 73. The molecule has 0 aromatic heterocycles. The van der Waals surface area contributed by atoms with Crippen LogP contribution in [0.25, 0.3) is 0 Å². The Morgan fingerprint density at radius 2 is 0.495 bits per heavy atom. The Morgan fingerprint density at radius 1 is 0.290 bits per heavy atom. The zero-order chi connectivity index (χ0) is 68.6. The lowest BCUT2D eigenvalue weighted by Crippen LogP contribution is -2.30. The van der Waals surface area contributed by atoms with Gasteiger partial charge in [0.1, 0.15) is 19.3 Å². The Morgan fingerprint density at radius 3 is 0.731 bits per heavy atom. The molecule has 0 spiro atoms. The molecule has 0 fully saturated rings. The van der Waals surface area contributed by atoms with E-state index < -0.39 is 97.5 Å². The highest BCUT2D eigenvalue weighted by atomic mass is 31.2. The molecule has 0 aliphatic rings. The largest absolute Gasteiger partial charge is 0.472 e. The summed E-state index contributed by atoms with van der Waals surface area (Å²) in [5.74, 6) is -0.631. The van der Waals surface area contributed by atoms with E-state index in [2.05, 4.69) is 41.5 Å². The number of phosphoric acid groups is 2. The van der Waals surface area contributed by atoms with Gasteiger partial charge in [-0.1, -0.05) is 330 Å². The number of ether oxygens (including phenoxy) is 4. The maximum Gasteiger partial charge on any atom is 0.472 e. The van der Waals surface area contributed by atoms with Crippen molar-refractivity contribution in [2.24, 2.45) is 11.8 Å². The lowest BCUT2D eigenvalue weighted by Gasteiger charge is -2.21. The van der Waals surface area contributed by atoms with Crippen molar-refractivity contribution >= 4 is 39.5 Å². The van der Waals surface area contributed by atoms with Crippen molar-refractivity contribution in [1.82, 2.24) is 0 Å². The molecule has 5 atom stereocenters. The molecule has 0 rings (SSSR count). The molecule has 0 amide bonds. The van der Waals surface area contributed by atoms with Gasteiger partial charge in [0.25, 0.3) is 0 Å². The van der Waals surface area contributed by atoms with Gasteiger partial charge in [-0.05, 0) is 37.5 Å². The normalized spacial score (nSPS) is 14.1. The van der Waals surface area contributed by atoms with Gasteiger partial charge in [0.15, 0.2) is 12.2 Å². The maximum absolute atomic E-state index is 13.1. The summed E-state index contributed by atoms with van der Waals surface area (Å²) in [6, 6.07) is 0. The first-order valence-corrected chi connectivity index (χ1v) is 41.5. The first-order valence-electron chi connectivity index (χ1n) is 38.5. The zero-order valence-corrected chi connectivity index (χ0v) is 62.3. The Hall–Kier alpha value is -1.94. The molecule has 17 nitrogen and oxygen atoms in total. The van der Waals surface area contributed by atoms with Crippen molar-refractivity contribution < 1.29 is 80.2 Å². The summed E-state index contributed by atoms with van der Waals surface area (Å²) in [4.78, 5) is 72.7. The van der Waals surface area contributed by atoms with Crippen LogP contribution in [-0.2, 0) is 65.4 Å². The minimum atomic E-state index is -4.96. The van der Waals surface area contributed by atoms with Crippen molar-refractivity contribution in [3.05, 3.63) is 0 Å². The molecule has 0 saturated carbocycles. The van der Waals surface area contributed by atoms with Gasteiger partial charge in [-0.15, -0.1) is 0 Å². The third-order valence-corrected chi connectivity index (χ3v) is 19.1. The highest BCUT2D eigenvalue weighted by molar-refractivity contribution is 7.47. The molecule has 0 saturated heterocycles. The van der Waals surface area contributed by atoms with E-state index in [0.29, 0.717) is 31.6 Å². The number of carbonyl (C=O) groups is 4. The molecular formula is C74H144O17P2. The standard InChI is InChI=1S/C74H144O17P2/c1-7-9-11-13-15-17-19-20-21-22-23-24-30-34-40-47-53-59-74(79)90-69(62-84-71(76)56-50-44-38-32-29-26-25-28-31-36-42-48-54-66(3)4)64-88-92(80,81)86-60-68(75)61-87-93(82,83)89-65-70(63-85-72(77)57-51-45-41-35-37-43-49-55-67(5)6)91-73(78)58-52-46-39-33-27-18-16-14-12-10-8-2/h66-70,75H,7-65H2,1-6H3,(H,80,81)(H,82,83)/t68-,69-,70-/m1/s1. The fraction of sp³-hybridized carbons (Fsp3) is 0.946. The number of aliphatic hydroxyl groups excluding tert-OH is 1. The Kier molecular flexibility index (Phi) is 64.6. The molecule has 0 aliphatic carbocycles. The van der Waals surface area contributed by atoms with E-state index in [1.807, 2.05) is 0 Å². The summed E-state index contributed by atoms with van der Waals surface area (Å²) in [5, 5.41) is 10.6. The second-order valence-corrected chi connectivity index (χ2v) is 30.5. The highest BCUT2D eigenvalue weighted by Gasteiger charge is 2.30. The first kappa shape index (κ1) is 91.1. The van der Waals surface area contributed by atoms with Gasteiger partial charge >= 0.3 is 39.5 Å². The van der Waals surface area contributed by atoms with Crippen LogP contribution in [0, 0.1) is 11.8 Å². The number of carbonyl (C=O) groups excluding carboxylic acids is 4. The van der Waals surface area contributed by atoms with Crippen LogP contribution >= 0.6 is 15.6 Å². The van der Waals surface area contributed by atoms with Crippen LogP contribution in [-0.4, -0.2) is 96.7 Å². The quantitative estimate of drug-likeness (QED) is 0.0222. The van der Waals surface area contributed by atoms with Crippen molar-refractivity contribution in [3.8, 4) is 0 Å². The maximum atomic E-state index is 13.1. The lowest BCUT2D eigenvalue weighted by atomic mass is 10.0. The SMILES string of the molecule is CCCCCCCCCCCCCCCCCCCC(=O)O[C@H](COC(=O)CCCCCCCCCCCCCCC(C)C)COP(=O)(O)OC[C@@H](O)COP(=O)(O)OC[C@@H](COC(=O)CCCCCCCCCC(C)C)OC(=O)CCCCCCCCCCCCC. The predicted molar refractivity (Wildman–Crippen MR) is 377 cm³/mol. The van der Waals surface area contributed by atoms with E-state index in [-0.39, 0.29) is 25.7 Å². The van der Waals surface area contributed by atoms with Gasteiger partial charge < -0.3 is 33.8 Å². The number of unbranched alkanes of at least 4 members (excludes halogenated alkanes) is 43. The molecule has 0 bridgehead atoms. The summed E-state index contributed by atoms with van der Waals surface area (Å²) in [5.41, 5.74) is 0. The van der Waals surface area contributed by atoms with Crippen molar-refractivity contribution in [2.45, 2.75) is 400 Å². The van der Waals surface area contributed by atoms with Crippen LogP contribution in [0.5, 0.6) is 0 Å². The minimum absolute atomic E-state index is 0.106. The molecule has 552 valence electrons. The van der Waals surface area contributed by atoms with E-state index in [9.17, 15) is 43.2 Å². The summed E-state index contributed by atoms with van der Waals surface area (Å²) in [7, 11) is -9.91. The van der Waals surface area contributed by atoms with E-state index in [0.717, 1.165) is 102 Å². The average Bonchev–Trinajstić information content (AvgIpc) is 1.64. The minimum Gasteiger partial charge on any atom is -0.462 e. The molecule has 19 heteroatoms. The van der Waals surface area contributed by atoms with Crippen LogP contribution in [0.2, 0.25) is 0 Å². The van der Waals surface area contributed by atoms with Gasteiger partial charge in [0.2, 0.25) is 0 Å². The number of esters is 4. The molecule has 0 aliphatic heterocycles. The van der Waals surface area contributed by atoms with Crippen molar-refractivity contribution in [2.75, 3.05) is 39.6 Å². The van der Waals surface area contributed by atoms with Crippen molar-refractivity contribution in [1.29, 1.82) is 0 Å². The van der Waals surface area contributed by atoms with Gasteiger partial charge in [0.05, 0.1) is 26.4 Å². The monoisotopic (exact) mass is 1370 g/mol. The third kappa shape index (κ3) is 68.4. The molecule has 93 heavy (non-hydrogen) atoms. The van der Waals surface area contributed by atoms with Gasteiger partial charge in [-0.2, -0.15) is 0 Å². The molecule has 0 aromatic carbocycles. The number of phosphoric ester groups is 2. The average molecular weight is 1370 g/mol. The highest BCUT2D eigenvalue weighted by Crippen LogP contribution is 2.45. The fourth-order valence-electron chi connectivity index (χ4n) is 11.3. The summed E-state index contributed by atoms with van der Waals surface area (Å²) in [6.07, 6.45) is 52.7.